The number of nitrogens with zero attached hydrogens (tertiary/aromatic N) is 3. The minimum Gasteiger partial charge on any atom is -0.299 e. The molecule has 0 atom stereocenters. The zero-order valence-corrected chi connectivity index (χ0v) is 9.85. The van der Waals surface area contributed by atoms with E-state index in [-0.39, 0.29) is 5.92 Å². The van der Waals surface area contributed by atoms with Crippen molar-refractivity contribution >= 4 is 5.78 Å². The predicted molar refractivity (Wildman–Crippen MR) is 60.9 cm³/mol. The first-order valence-electron chi connectivity index (χ1n) is 6.13. The summed E-state index contributed by atoms with van der Waals surface area (Å²) >= 11 is 0. The average Bonchev–Trinajstić information content (AvgIpc) is 2.57. The minimum atomic E-state index is 0.263. The van der Waals surface area contributed by atoms with E-state index < -0.39 is 0 Å². The van der Waals surface area contributed by atoms with Gasteiger partial charge in [-0.25, -0.2) is 4.98 Å². The third-order valence-electron chi connectivity index (χ3n) is 3.45. The van der Waals surface area contributed by atoms with Crippen LogP contribution in [0.2, 0.25) is 0 Å². The van der Waals surface area contributed by atoms with Crippen molar-refractivity contribution in [2.75, 3.05) is 0 Å². The Hall–Kier alpha value is -1.19. The van der Waals surface area contributed by atoms with E-state index in [2.05, 4.69) is 10.1 Å². The molecule has 16 heavy (non-hydrogen) atoms. The fourth-order valence-electron chi connectivity index (χ4n) is 2.38. The van der Waals surface area contributed by atoms with Crippen molar-refractivity contribution < 1.29 is 4.79 Å². The third kappa shape index (κ3) is 2.68. The largest absolute Gasteiger partial charge is 0.299 e. The monoisotopic (exact) mass is 221 g/mol. The standard InChI is InChI=1S/C12H19N3O/c1-15-12(13-9-14-15)8-11(16)10-6-4-2-3-5-7-10/h9-10H,2-8H2,1H3. The molecule has 1 heterocycles. The molecule has 1 aromatic heterocycles. The summed E-state index contributed by atoms with van der Waals surface area (Å²) in [6.45, 7) is 0. The number of Topliss-reactive ketones (excluding diaryl/α,β-unsaturated/α-hetero) is 1. The van der Waals surface area contributed by atoms with E-state index >= 15 is 0 Å². The Morgan fingerprint density at radius 2 is 2.06 bits per heavy atom. The van der Waals surface area contributed by atoms with Crippen LogP contribution in [0.25, 0.3) is 0 Å². The first-order chi connectivity index (χ1) is 7.77. The lowest BCUT2D eigenvalue weighted by Gasteiger charge is -2.11. The highest BCUT2D eigenvalue weighted by atomic mass is 16.1. The maximum atomic E-state index is 12.1. The van der Waals surface area contributed by atoms with E-state index in [1.165, 1.54) is 32.0 Å². The molecule has 1 aromatic rings. The Labute approximate surface area is 96.1 Å². The van der Waals surface area contributed by atoms with Gasteiger partial charge in [-0.05, 0) is 12.8 Å². The molecule has 0 aromatic carbocycles. The lowest BCUT2D eigenvalue weighted by Crippen LogP contribution is -2.18. The summed E-state index contributed by atoms with van der Waals surface area (Å²) in [5.41, 5.74) is 0. The van der Waals surface area contributed by atoms with Crippen molar-refractivity contribution in [2.45, 2.75) is 44.9 Å². The molecule has 0 N–H and O–H groups in total. The highest BCUT2D eigenvalue weighted by Gasteiger charge is 2.21. The van der Waals surface area contributed by atoms with Crippen LogP contribution >= 0.6 is 0 Å². The van der Waals surface area contributed by atoms with Gasteiger partial charge in [0.15, 0.2) is 0 Å². The van der Waals surface area contributed by atoms with Gasteiger partial charge in [0.1, 0.15) is 17.9 Å². The molecule has 1 saturated carbocycles. The van der Waals surface area contributed by atoms with Gasteiger partial charge in [-0.15, -0.1) is 0 Å². The maximum absolute atomic E-state index is 12.1. The maximum Gasteiger partial charge on any atom is 0.143 e. The summed E-state index contributed by atoms with van der Waals surface area (Å²) in [5.74, 6) is 1.39. The molecule has 4 heteroatoms. The van der Waals surface area contributed by atoms with Gasteiger partial charge >= 0.3 is 0 Å². The second-order valence-corrected chi connectivity index (χ2v) is 4.63. The molecule has 88 valence electrons. The van der Waals surface area contributed by atoms with Gasteiger partial charge in [-0.2, -0.15) is 5.10 Å². The van der Waals surface area contributed by atoms with Crippen LogP contribution in [0.4, 0.5) is 0 Å². The number of ketones is 1. The van der Waals surface area contributed by atoms with Crippen molar-refractivity contribution in [1.82, 2.24) is 14.8 Å². The van der Waals surface area contributed by atoms with Crippen LogP contribution in [0.3, 0.4) is 0 Å². The Morgan fingerprint density at radius 3 is 2.62 bits per heavy atom. The molecule has 0 bridgehead atoms. The highest BCUT2D eigenvalue weighted by Crippen LogP contribution is 2.24. The molecule has 0 unspecified atom stereocenters. The number of aryl methyl sites for hydroxylation is 1. The second kappa shape index (κ2) is 5.23. The molecule has 0 aliphatic heterocycles. The van der Waals surface area contributed by atoms with Gasteiger partial charge in [-0.3, -0.25) is 9.48 Å². The molecule has 0 spiro atoms. The first kappa shape index (κ1) is 11.3. The molecule has 1 aliphatic rings. The number of aromatic nitrogens is 3. The Kier molecular flexibility index (Phi) is 3.70. The number of hydrogen-bond donors (Lipinski definition) is 0. The molecule has 1 aliphatic carbocycles. The van der Waals surface area contributed by atoms with E-state index in [1.54, 1.807) is 4.68 Å². The lowest BCUT2D eigenvalue weighted by atomic mass is 9.93. The topological polar surface area (TPSA) is 47.8 Å². The number of carbonyl (C=O) groups excluding carboxylic acids is 1. The molecule has 0 radical (unpaired) electrons. The summed E-state index contributed by atoms with van der Waals surface area (Å²) in [6.07, 6.45) is 9.07. The van der Waals surface area contributed by atoms with Gasteiger partial charge in [0.05, 0.1) is 6.42 Å². The van der Waals surface area contributed by atoms with E-state index in [4.69, 9.17) is 0 Å². The molecule has 0 amide bonds. The first-order valence-corrected chi connectivity index (χ1v) is 6.13. The normalized spacial score (nSPS) is 18.3. The summed E-state index contributed by atoms with van der Waals surface area (Å²) in [4.78, 5) is 16.2. The Bertz CT molecular complexity index is 351. The minimum absolute atomic E-state index is 0.263. The van der Waals surface area contributed by atoms with Crippen molar-refractivity contribution in [3.05, 3.63) is 12.2 Å². The van der Waals surface area contributed by atoms with Gasteiger partial charge in [0.2, 0.25) is 0 Å². The van der Waals surface area contributed by atoms with Crippen molar-refractivity contribution in [3.63, 3.8) is 0 Å². The zero-order chi connectivity index (χ0) is 11.4. The van der Waals surface area contributed by atoms with Crippen molar-refractivity contribution in [3.8, 4) is 0 Å². The van der Waals surface area contributed by atoms with E-state index in [1.807, 2.05) is 7.05 Å². The fourth-order valence-corrected chi connectivity index (χ4v) is 2.38. The Morgan fingerprint density at radius 1 is 1.38 bits per heavy atom. The number of rotatable bonds is 3. The van der Waals surface area contributed by atoms with Crippen molar-refractivity contribution in [1.29, 1.82) is 0 Å². The third-order valence-corrected chi connectivity index (χ3v) is 3.45. The summed E-state index contributed by atoms with van der Waals surface area (Å²) in [5, 5.41) is 3.99. The summed E-state index contributed by atoms with van der Waals surface area (Å²) in [6, 6.07) is 0. The van der Waals surface area contributed by atoms with Crippen molar-refractivity contribution in [2.24, 2.45) is 13.0 Å². The van der Waals surface area contributed by atoms with E-state index in [0.29, 0.717) is 12.2 Å². The van der Waals surface area contributed by atoms with Crippen LogP contribution in [-0.4, -0.2) is 20.5 Å². The van der Waals surface area contributed by atoms with Gasteiger partial charge in [0, 0.05) is 13.0 Å². The second-order valence-electron chi connectivity index (χ2n) is 4.63. The molecule has 0 saturated heterocycles. The Balaban J connectivity index is 1.94. The zero-order valence-electron chi connectivity index (χ0n) is 9.85. The predicted octanol–water partition coefficient (Wildman–Crippen LogP) is 1.90. The van der Waals surface area contributed by atoms with Crippen LogP contribution < -0.4 is 0 Å². The average molecular weight is 221 g/mol. The molecular formula is C12H19N3O. The fraction of sp³-hybridized carbons (Fsp3) is 0.750. The highest BCUT2D eigenvalue weighted by molar-refractivity contribution is 5.82. The number of hydrogen-bond acceptors (Lipinski definition) is 3. The van der Waals surface area contributed by atoms with Gasteiger partial charge in [0.25, 0.3) is 0 Å². The lowest BCUT2D eigenvalue weighted by molar-refractivity contribution is -0.122. The molecule has 4 nitrogen and oxygen atoms in total. The molecular weight excluding hydrogens is 202 g/mol. The van der Waals surface area contributed by atoms with Crippen LogP contribution in [-0.2, 0) is 18.3 Å². The molecule has 2 rings (SSSR count). The summed E-state index contributed by atoms with van der Waals surface area (Å²) in [7, 11) is 1.84. The van der Waals surface area contributed by atoms with Gasteiger partial charge in [-0.1, -0.05) is 25.7 Å². The SMILES string of the molecule is Cn1ncnc1CC(=O)C1CCCCCC1. The van der Waals surface area contributed by atoms with Crippen LogP contribution in [0.1, 0.15) is 44.3 Å². The quantitative estimate of drug-likeness (QED) is 0.732. The van der Waals surface area contributed by atoms with Crippen LogP contribution in [0.15, 0.2) is 6.33 Å². The summed E-state index contributed by atoms with van der Waals surface area (Å²) < 4.78 is 1.69. The smallest absolute Gasteiger partial charge is 0.143 e. The van der Waals surface area contributed by atoms with E-state index in [9.17, 15) is 4.79 Å². The van der Waals surface area contributed by atoms with Crippen LogP contribution in [0.5, 0.6) is 0 Å². The molecule has 1 fully saturated rings. The van der Waals surface area contributed by atoms with E-state index in [0.717, 1.165) is 18.7 Å². The van der Waals surface area contributed by atoms with Crippen LogP contribution in [0, 0.1) is 5.92 Å². The van der Waals surface area contributed by atoms with Gasteiger partial charge < -0.3 is 0 Å². The number of carbonyl (C=O) groups is 1.